The Balaban J connectivity index is -0.000000344. The minimum Gasteiger partial charge on any atom is -0.394 e. The summed E-state index contributed by atoms with van der Waals surface area (Å²) < 4.78 is 23.3. The average Bonchev–Trinajstić information content (AvgIpc) is 2.65. The van der Waals surface area contributed by atoms with E-state index in [9.17, 15) is 18.9 Å². The fourth-order valence-electron chi connectivity index (χ4n) is 1.92. The van der Waals surface area contributed by atoms with Gasteiger partial charge in [-0.3, -0.25) is 9.13 Å². The normalized spacial score (nSPS) is 20.9. The van der Waals surface area contributed by atoms with Crippen LogP contribution in [0.4, 0.5) is 0 Å². The van der Waals surface area contributed by atoms with E-state index in [-0.39, 0.29) is 29.2 Å². The lowest BCUT2D eigenvalue weighted by Gasteiger charge is -2.23. The van der Waals surface area contributed by atoms with Gasteiger partial charge in [0.1, 0.15) is 0 Å². The van der Waals surface area contributed by atoms with Crippen molar-refractivity contribution in [2.45, 2.75) is 117 Å². The van der Waals surface area contributed by atoms with Crippen LogP contribution in [0, 0.1) is 0 Å². The van der Waals surface area contributed by atoms with Crippen molar-refractivity contribution in [1.29, 1.82) is 0 Å². The summed E-state index contributed by atoms with van der Waals surface area (Å²) in [6.45, 7) is 16.6. The SMILES string of the molecule is CC(O)CO.CCC(C)P(=O)(O)C(C)CC.CCC(C)P(=O)(O)C(C)CC. The number of rotatable bonds is 9. The monoisotopic (exact) mass is 432 g/mol. The van der Waals surface area contributed by atoms with E-state index < -0.39 is 20.8 Å². The van der Waals surface area contributed by atoms with Crippen LogP contribution >= 0.6 is 14.7 Å². The molecule has 0 amide bonds. The lowest BCUT2D eigenvalue weighted by atomic mass is 10.4. The van der Waals surface area contributed by atoms with Crippen LogP contribution in [-0.2, 0) is 9.13 Å². The van der Waals surface area contributed by atoms with Crippen molar-refractivity contribution in [2.24, 2.45) is 0 Å². The molecule has 168 valence electrons. The summed E-state index contributed by atoms with van der Waals surface area (Å²) in [6.07, 6.45) is 2.60. The number of hydrogen-bond acceptors (Lipinski definition) is 4. The molecular formula is C19H46O6P2. The zero-order valence-electron chi connectivity index (χ0n) is 18.9. The van der Waals surface area contributed by atoms with E-state index in [4.69, 9.17) is 10.2 Å². The molecular weight excluding hydrogens is 386 g/mol. The first kappa shape index (κ1) is 32.0. The van der Waals surface area contributed by atoms with Gasteiger partial charge in [0.2, 0.25) is 14.7 Å². The Bertz CT molecular complexity index is 378. The van der Waals surface area contributed by atoms with E-state index in [1.54, 1.807) is 0 Å². The standard InChI is InChI=1S/2C8H19O2P.C3H8O2/c2*1-5-7(3)11(9,10)8(4)6-2;1-3(5)2-4/h2*7-8H,5-6H2,1-4H3,(H,9,10);3-5H,2H2,1H3. The number of hydrogen-bond donors (Lipinski definition) is 4. The highest BCUT2D eigenvalue weighted by Gasteiger charge is 2.31. The molecule has 5 atom stereocenters. The average molecular weight is 433 g/mol. The van der Waals surface area contributed by atoms with Crippen LogP contribution in [0.5, 0.6) is 0 Å². The molecule has 0 spiro atoms. The first-order valence-corrected chi connectivity index (χ1v) is 13.7. The molecule has 0 aliphatic rings. The molecule has 0 saturated heterocycles. The summed E-state index contributed by atoms with van der Waals surface area (Å²) in [5, 5.41) is 16.0. The largest absolute Gasteiger partial charge is 0.394 e. The molecule has 0 rings (SSSR count). The zero-order valence-corrected chi connectivity index (χ0v) is 20.7. The molecule has 0 heterocycles. The summed E-state index contributed by atoms with van der Waals surface area (Å²) in [6, 6.07) is 0. The van der Waals surface area contributed by atoms with Crippen molar-refractivity contribution in [3.05, 3.63) is 0 Å². The van der Waals surface area contributed by atoms with Gasteiger partial charge >= 0.3 is 0 Å². The van der Waals surface area contributed by atoms with Gasteiger partial charge in [0.25, 0.3) is 0 Å². The topological polar surface area (TPSA) is 115 Å². The Labute approximate surface area is 167 Å². The smallest absolute Gasteiger partial charge is 0.206 e. The highest BCUT2D eigenvalue weighted by atomic mass is 31.2. The fraction of sp³-hybridized carbons (Fsp3) is 1.00. The third kappa shape index (κ3) is 13.2. The van der Waals surface area contributed by atoms with Crippen LogP contribution in [0.25, 0.3) is 0 Å². The molecule has 4 N–H and O–H groups in total. The molecule has 0 saturated carbocycles. The molecule has 0 fully saturated rings. The molecule has 27 heavy (non-hydrogen) atoms. The van der Waals surface area contributed by atoms with Crippen LogP contribution in [0.2, 0.25) is 0 Å². The summed E-state index contributed by atoms with van der Waals surface area (Å²) >= 11 is 0. The second kappa shape index (κ2) is 16.1. The maximum absolute atomic E-state index is 11.6. The number of aliphatic hydroxyl groups is 2. The van der Waals surface area contributed by atoms with Crippen molar-refractivity contribution < 1.29 is 29.1 Å². The zero-order chi connectivity index (χ0) is 22.4. The van der Waals surface area contributed by atoms with E-state index >= 15 is 0 Å². The first-order chi connectivity index (χ1) is 12.2. The van der Waals surface area contributed by atoms with Crippen LogP contribution in [0.3, 0.4) is 0 Å². The maximum Gasteiger partial charge on any atom is 0.206 e. The molecule has 0 aliphatic carbocycles. The van der Waals surface area contributed by atoms with Gasteiger partial charge in [-0.15, -0.1) is 0 Å². The van der Waals surface area contributed by atoms with Crippen molar-refractivity contribution in [3.63, 3.8) is 0 Å². The van der Waals surface area contributed by atoms with Crippen molar-refractivity contribution >= 4 is 14.7 Å². The fourth-order valence-corrected chi connectivity index (χ4v) is 5.75. The van der Waals surface area contributed by atoms with Crippen molar-refractivity contribution in [1.82, 2.24) is 0 Å². The predicted molar refractivity (Wildman–Crippen MR) is 117 cm³/mol. The summed E-state index contributed by atoms with van der Waals surface area (Å²) in [4.78, 5) is 19.2. The third-order valence-electron chi connectivity index (χ3n) is 5.15. The van der Waals surface area contributed by atoms with Crippen LogP contribution in [-0.4, -0.2) is 55.3 Å². The van der Waals surface area contributed by atoms with Gasteiger partial charge in [-0.25, -0.2) is 0 Å². The highest BCUT2D eigenvalue weighted by Crippen LogP contribution is 2.53. The van der Waals surface area contributed by atoms with Crippen LogP contribution in [0.15, 0.2) is 0 Å². The van der Waals surface area contributed by atoms with Crippen molar-refractivity contribution in [2.75, 3.05) is 6.61 Å². The van der Waals surface area contributed by atoms with E-state index in [0.717, 1.165) is 25.7 Å². The molecule has 0 aromatic carbocycles. The quantitative estimate of drug-likeness (QED) is 0.378. The molecule has 6 nitrogen and oxygen atoms in total. The lowest BCUT2D eigenvalue weighted by Crippen LogP contribution is -2.11. The summed E-state index contributed by atoms with van der Waals surface area (Å²) in [7, 11) is -5.75. The maximum atomic E-state index is 11.6. The number of aliphatic hydroxyl groups excluding tert-OH is 2. The van der Waals surface area contributed by atoms with Gasteiger partial charge < -0.3 is 20.0 Å². The van der Waals surface area contributed by atoms with Gasteiger partial charge in [0.05, 0.1) is 12.7 Å². The Morgan fingerprint density at radius 2 is 0.778 bits per heavy atom. The molecule has 0 aliphatic heterocycles. The first-order valence-electron chi connectivity index (χ1n) is 10.1. The van der Waals surface area contributed by atoms with Crippen LogP contribution < -0.4 is 0 Å². The van der Waals surface area contributed by atoms with E-state index in [1.165, 1.54) is 6.92 Å². The minimum atomic E-state index is -2.87. The Morgan fingerprint density at radius 1 is 0.630 bits per heavy atom. The molecule has 0 bridgehead atoms. The van der Waals surface area contributed by atoms with Gasteiger partial charge in [-0.05, 0) is 32.6 Å². The van der Waals surface area contributed by atoms with Crippen molar-refractivity contribution in [3.8, 4) is 0 Å². The lowest BCUT2D eigenvalue weighted by molar-refractivity contribution is 0.110. The highest BCUT2D eigenvalue weighted by molar-refractivity contribution is 7.59. The predicted octanol–water partition coefficient (Wildman–Crippen LogP) is 5.07. The third-order valence-corrected chi connectivity index (χ3v) is 11.7. The second-order valence-electron chi connectivity index (χ2n) is 7.41. The minimum absolute atomic E-state index is 0.0440. The Kier molecular flexibility index (Phi) is 19.1. The summed E-state index contributed by atoms with van der Waals surface area (Å²) in [5.41, 5.74) is -0.176. The van der Waals surface area contributed by atoms with Crippen LogP contribution in [0.1, 0.15) is 88.0 Å². The molecule has 0 aromatic rings. The summed E-state index contributed by atoms with van der Waals surface area (Å²) in [5.74, 6) is 0. The van der Waals surface area contributed by atoms with Gasteiger partial charge in [-0.2, -0.15) is 0 Å². The van der Waals surface area contributed by atoms with E-state index in [0.29, 0.717) is 0 Å². The molecule has 8 heteroatoms. The van der Waals surface area contributed by atoms with Gasteiger partial charge in [0.15, 0.2) is 0 Å². The molecule has 0 radical (unpaired) electrons. The molecule has 5 unspecified atom stereocenters. The van der Waals surface area contributed by atoms with E-state index in [2.05, 4.69) is 0 Å². The second-order valence-corrected chi connectivity index (χ2v) is 13.6. The Hall–Kier alpha value is 0.300. The van der Waals surface area contributed by atoms with Gasteiger partial charge in [0, 0.05) is 22.6 Å². The van der Waals surface area contributed by atoms with E-state index in [1.807, 2.05) is 55.4 Å². The van der Waals surface area contributed by atoms with Gasteiger partial charge in [-0.1, -0.05) is 55.4 Å². The molecule has 0 aromatic heterocycles. The Morgan fingerprint density at radius 3 is 0.852 bits per heavy atom.